The zero-order valence-electron chi connectivity index (χ0n) is 20.8. The molecular formula is C28H23FN4O3S3. The lowest BCUT2D eigenvalue weighted by molar-refractivity contribution is 0.0987. The average molecular weight is 579 g/mol. The number of hydrazone groups is 1. The van der Waals surface area contributed by atoms with Gasteiger partial charge in [-0.25, -0.2) is 17.8 Å². The number of thiazole rings is 1. The zero-order valence-corrected chi connectivity index (χ0v) is 23.2. The summed E-state index contributed by atoms with van der Waals surface area (Å²) in [4.78, 5) is 19.0. The molecule has 11 heteroatoms. The Hall–Kier alpha value is -3.77. The van der Waals surface area contributed by atoms with Crippen LogP contribution in [0.1, 0.15) is 27.7 Å². The van der Waals surface area contributed by atoms with Crippen LogP contribution in [0.15, 0.2) is 100 Å². The van der Waals surface area contributed by atoms with Gasteiger partial charge in [0, 0.05) is 23.5 Å². The molecule has 0 aliphatic rings. The molecule has 5 rings (SSSR count). The van der Waals surface area contributed by atoms with E-state index >= 15 is 0 Å². The molecule has 5 aromatic rings. The predicted octanol–water partition coefficient (Wildman–Crippen LogP) is 6.39. The number of rotatable bonds is 9. The fourth-order valence-corrected chi connectivity index (χ4v) is 6.80. The highest BCUT2D eigenvalue weighted by Gasteiger charge is 2.25. The highest BCUT2D eigenvalue weighted by Crippen LogP contribution is 2.31. The number of hydrogen-bond donors (Lipinski definition) is 0. The lowest BCUT2D eigenvalue weighted by atomic mass is 10.2. The van der Waals surface area contributed by atoms with E-state index in [1.54, 1.807) is 19.2 Å². The van der Waals surface area contributed by atoms with E-state index in [0.29, 0.717) is 16.8 Å². The van der Waals surface area contributed by atoms with Crippen molar-refractivity contribution in [1.82, 2.24) is 9.29 Å². The molecule has 0 fully saturated rings. The van der Waals surface area contributed by atoms with Gasteiger partial charge in [0.1, 0.15) is 5.82 Å². The smallest absolute Gasteiger partial charge is 0.267 e. The normalized spacial score (nSPS) is 12.0. The molecule has 1 amide bonds. The first kappa shape index (κ1) is 26.8. The highest BCUT2D eigenvalue weighted by molar-refractivity contribution is 7.89. The Morgan fingerprint density at radius 2 is 1.79 bits per heavy atom. The number of halogens is 1. The molecule has 0 N–H and O–H groups in total. The van der Waals surface area contributed by atoms with Crippen LogP contribution in [0.2, 0.25) is 0 Å². The maximum Gasteiger partial charge on any atom is 0.280 e. The molecule has 2 aromatic heterocycles. The molecule has 0 aliphatic heterocycles. The van der Waals surface area contributed by atoms with Gasteiger partial charge in [0.15, 0.2) is 0 Å². The third-order valence-electron chi connectivity index (χ3n) is 5.85. The van der Waals surface area contributed by atoms with Crippen LogP contribution in [0.5, 0.6) is 0 Å². The Morgan fingerprint density at radius 3 is 2.49 bits per heavy atom. The van der Waals surface area contributed by atoms with Crippen LogP contribution in [0.25, 0.3) is 10.2 Å². The van der Waals surface area contributed by atoms with Crippen molar-refractivity contribution < 1.29 is 17.6 Å². The fraction of sp³-hybridized carbons (Fsp3) is 0.107. The summed E-state index contributed by atoms with van der Waals surface area (Å²) in [5.41, 5.74) is 1.65. The Labute approximate surface area is 233 Å². The van der Waals surface area contributed by atoms with Crippen LogP contribution in [-0.4, -0.2) is 36.4 Å². The molecule has 7 nitrogen and oxygen atoms in total. The van der Waals surface area contributed by atoms with Gasteiger partial charge in [-0.2, -0.15) is 14.4 Å². The summed E-state index contributed by atoms with van der Waals surface area (Å²) >= 11 is 2.60. The van der Waals surface area contributed by atoms with Crippen LogP contribution < -0.4 is 5.01 Å². The molecule has 0 spiro atoms. The average Bonchev–Trinajstić information content (AvgIpc) is 3.62. The second-order valence-electron chi connectivity index (χ2n) is 8.43. The van der Waals surface area contributed by atoms with Gasteiger partial charge in [-0.3, -0.25) is 4.79 Å². The summed E-state index contributed by atoms with van der Waals surface area (Å²) < 4.78 is 42.4. The molecule has 0 atom stereocenters. The van der Waals surface area contributed by atoms with Gasteiger partial charge in [-0.05, 0) is 59.5 Å². The van der Waals surface area contributed by atoms with Gasteiger partial charge >= 0.3 is 0 Å². The summed E-state index contributed by atoms with van der Waals surface area (Å²) in [5.74, 6) is -0.897. The largest absolute Gasteiger partial charge is 0.280 e. The molecule has 2 heterocycles. The standard InChI is InChI=1S/C28H23FN4O3S3/c1-2-32(19-20-7-4-3-5-8-20)39(35,36)24-13-10-21(11-14-24)27(34)33(30-18-23-9-6-16-37-23)28-31-25-15-12-22(29)17-26(25)38-28/h3-18H,2,19H2,1H3/b30-18+. The molecule has 0 radical (unpaired) electrons. The van der Waals surface area contributed by atoms with E-state index in [1.165, 1.54) is 52.0 Å². The Kier molecular flexibility index (Phi) is 7.94. The quantitative estimate of drug-likeness (QED) is 0.150. The minimum absolute atomic E-state index is 0.0842. The van der Waals surface area contributed by atoms with Crippen molar-refractivity contribution in [3.8, 4) is 0 Å². The number of thiophene rings is 1. The van der Waals surface area contributed by atoms with E-state index in [4.69, 9.17) is 0 Å². The molecule has 0 saturated carbocycles. The molecule has 0 aliphatic carbocycles. The van der Waals surface area contributed by atoms with E-state index in [1.807, 2.05) is 47.8 Å². The minimum atomic E-state index is -3.79. The van der Waals surface area contributed by atoms with Crippen molar-refractivity contribution in [3.05, 3.63) is 112 Å². The Morgan fingerprint density at radius 1 is 1.03 bits per heavy atom. The first-order chi connectivity index (χ1) is 18.8. The third-order valence-corrected chi connectivity index (χ3v) is 9.59. The summed E-state index contributed by atoms with van der Waals surface area (Å²) in [5, 5.41) is 7.70. The number of fused-ring (bicyclic) bond motifs is 1. The van der Waals surface area contributed by atoms with E-state index in [2.05, 4.69) is 10.1 Å². The van der Waals surface area contributed by atoms with Gasteiger partial charge in [-0.1, -0.05) is 54.7 Å². The van der Waals surface area contributed by atoms with E-state index in [9.17, 15) is 17.6 Å². The van der Waals surface area contributed by atoms with E-state index < -0.39 is 21.7 Å². The van der Waals surface area contributed by atoms with E-state index in [-0.39, 0.29) is 22.1 Å². The number of amides is 1. The highest BCUT2D eigenvalue weighted by atomic mass is 32.2. The first-order valence-corrected chi connectivity index (χ1v) is 15.1. The minimum Gasteiger partial charge on any atom is -0.267 e. The number of aromatic nitrogens is 1. The Bertz CT molecular complexity index is 1720. The second-order valence-corrected chi connectivity index (χ2v) is 12.4. The SMILES string of the molecule is CCN(Cc1ccccc1)S(=O)(=O)c1ccc(C(=O)N(/N=C/c2cccs2)c2nc3ccc(F)cc3s2)cc1. The van der Waals surface area contributed by atoms with Crippen LogP contribution in [0, 0.1) is 5.82 Å². The lowest BCUT2D eigenvalue weighted by Crippen LogP contribution is -2.30. The first-order valence-electron chi connectivity index (χ1n) is 12.0. The monoisotopic (exact) mass is 578 g/mol. The van der Waals surface area contributed by atoms with E-state index in [0.717, 1.165) is 26.8 Å². The molecule has 3 aromatic carbocycles. The third kappa shape index (κ3) is 5.96. The summed E-state index contributed by atoms with van der Waals surface area (Å²) in [6, 6.07) is 23.1. The summed E-state index contributed by atoms with van der Waals surface area (Å²) in [6.07, 6.45) is 1.55. The molecule has 198 valence electrons. The number of sulfonamides is 1. The van der Waals surface area contributed by atoms with Crippen molar-refractivity contribution in [2.24, 2.45) is 5.10 Å². The summed E-state index contributed by atoms with van der Waals surface area (Å²) in [7, 11) is -3.79. The lowest BCUT2D eigenvalue weighted by Gasteiger charge is -2.21. The maximum absolute atomic E-state index is 13.8. The maximum atomic E-state index is 13.8. The number of carbonyl (C=O) groups is 1. The van der Waals surface area contributed by atoms with Crippen LogP contribution in [0.4, 0.5) is 9.52 Å². The second kappa shape index (κ2) is 11.5. The van der Waals surface area contributed by atoms with Gasteiger partial charge in [0.25, 0.3) is 5.91 Å². The van der Waals surface area contributed by atoms with Crippen LogP contribution in [0.3, 0.4) is 0 Å². The predicted molar refractivity (Wildman–Crippen MR) is 154 cm³/mol. The van der Waals surface area contributed by atoms with Crippen LogP contribution in [-0.2, 0) is 16.6 Å². The van der Waals surface area contributed by atoms with Crippen molar-refractivity contribution in [2.75, 3.05) is 11.6 Å². The molecule has 0 saturated heterocycles. The molecule has 0 unspecified atom stereocenters. The fourth-order valence-electron chi connectivity index (χ4n) is 3.84. The Balaban J connectivity index is 1.44. The number of carbonyl (C=O) groups excluding carboxylic acids is 1. The van der Waals surface area contributed by atoms with Crippen LogP contribution >= 0.6 is 22.7 Å². The number of nitrogens with zero attached hydrogens (tertiary/aromatic N) is 4. The molecular weight excluding hydrogens is 556 g/mol. The van der Waals surface area contributed by atoms with Gasteiger partial charge < -0.3 is 0 Å². The molecule has 39 heavy (non-hydrogen) atoms. The van der Waals surface area contributed by atoms with Crippen molar-refractivity contribution in [2.45, 2.75) is 18.4 Å². The van der Waals surface area contributed by atoms with Gasteiger partial charge in [0.2, 0.25) is 15.2 Å². The number of hydrogen-bond acceptors (Lipinski definition) is 7. The molecule has 0 bridgehead atoms. The number of benzene rings is 3. The van der Waals surface area contributed by atoms with Crippen molar-refractivity contribution in [1.29, 1.82) is 0 Å². The topological polar surface area (TPSA) is 82.9 Å². The number of anilines is 1. The van der Waals surface area contributed by atoms with Gasteiger partial charge in [-0.15, -0.1) is 11.3 Å². The van der Waals surface area contributed by atoms with Crippen molar-refractivity contribution >= 4 is 60.2 Å². The summed E-state index contributed by atoms with van der Waals surface area (Å²) in [6.45, 7) is 2.32. The van der Waals surface area contributed by atoms with Gasteiger partial charge in [0.05, 0.1) is 21.3 Å². The van der Waals surface area contributed by atoms with Crippen molar-refractivity contribution in [3.63, 3.8) is 0 Å². The zero-order chi connectivity index (χ0) is 27.4.